The highest BCUT2D eigenvalue weighted by molar-refractivity contribution is 7.92. The molecule has 2 heterocycles. The highest BCUT2D eigenvalue weighted by atomic mass is 35.5. The van der Waals surface area contributed by atoms with Crippen LogP contribution in [0.3, 0.4) is 0 Å². The Kier molecular flexibility index (Phi) is 3.42. The van der Waals surface area contributed by atoms with Crippen molar-refractivity contribution in [2.45, 2.75) is 5.03 Å². The number of hydrogen-bond donors (Lipinski definition) is 1. The summed E-state index contributed by atoms with van der Waals surface area (Å²) in [7, 11) is -2.43. The molecule has 0 aliphatic carbocycles. The van der Waals surface area contributed by atoms with Crippen LogP contribution in [0.1, 0.15) is 0 Å². The lowest BCUT2D eigenvalue weighted by Gasteiger charge is -2.07. The maximum Gasteiger partial charge on any atom is 0.281 e. The predicted octanol–water partition coefficient (Wildman–Crippen LogP) is 1.32. The number of hydrogen-bond acceptors (Lipinski definition) is 5. The first-order chi connectivity index (χ1) is 8.40. The molecule has 0 spiro atoms. The molecule has 0 aliphatic heterocycles. The van der Waals surface area contributed by atoms with Crippen LogP contribution in [0.2, 0.25) is 10.2 Å². The van der Waals surface area contributed by atoms with Crippen LogP contribution in [0.25, 0.3) is 0 Å². The topological polar surface area (TPSA) is 89.8 Å². The van der Waals surface area contributed by atoms with Gasteiger partial charge in [0.15, 0.2) is 10.8 Å². The van der Waals surface area contributed by atoms with Crippen LogP contribution in [0.5, 0.6) is 0 Å². The van der Waals surface area contributed by atoms with Gasteiger partial charge in [0, 0.05) is 7.05 Å². The Bertz CT molecular complexity index is 665. The molecule has 1 N–H and O–H groups in total. The van der Waals surface area contributed by atoms with Crippen molar-refractivity contribution in [3.05, 3.63) is 28.8 Å². The molecule has 2 aromatic heterocycles. The molecule has 0 atom stereocenters. The van der Waals surface area contributed by atoms with Crippen LogP contribution < -0.4 is 4.72 Å². The highest BCUT2D eigenvalue weighted by Crippen LogP contribution is 2.22. The average Bonchev–Trinajstić information content (AvgIpc) is 2.58. The summed E-state index contributed by atoms with van der Waals surface area (Å²) in [6, 6.07) is 0. The molecular formula is C8H7Cl2N5O2S. The number of aryl methyl sites for hydroxylation is 1. The van der Waals surface area contributed by atoms with E-state index >= 15 is 0 Å². The summed E-state index contributed by atoms with van der Waals surface area (Å²) in [5.74, 6) is -0.000216. The van der Waals surface area contributed by atoms with Gasteiger partial charge in [-0.15, -0.1) is 0 Å². The fraction of sp³-hybridized carbons (Fsp3) is 0.125. The summed E-state index contributed by atoms with van der Waals surface area (Å²) in [6.07, 6.45) is 3.75. The Balaban J connectivity index is 2.39. The molecule has 0 fully saturated rings. The van der Waals surface area contributed by atoms with Gasteiger partial charge in [0.2, 0.25) is 0 Å². The third-order valence-corrected chi connectivity index (χ3v) is 3.98. The van der Waals surface area contributed by atoms with E-state index in [4.69, 9.17) is 23.2 Å². The van der Waals surface area contributed by atoms with E-state index in [1.807, 2.05) is 0 Å². The zero-order chi connectivity index (χ0) is 13.3. The SMILES string of the molecule is Cn1ncc(Cl)c1S(=O)(=O)Nc1cncc(Cl)n1. The predicted molar refractivity (Wildman–Crippen MR) is 66.1 cm³/mol. The van der Waals surface area contributed by atoms with Crippen LogP contribution in [-0.2, 0) is 17.1 Å². The van der Waals surface area contributed by atoms with Crippen molar-refractivity contribution in [3.8, 4) is 0 Å². The van der Waals surface area contributed by atoms with Crippen LogP contribution in [0.4, 0.5) is 5.82 Å². The van der Waals surface area contributed by atoms with Gasteiger partial charge in [0.1, 0.15) is 5.15 Å². The smallest absolute Gasteiger partial charge is 0.261 e. The maximum absolute atomic E-state index is 12.0. The quantitative estimate of drug-likeness (QED) is 0.923. The van der Waals surface area contributed by atoms with Crippen molar-refractivity contribution in [1.29, 1.82) is 0 Å². The molecule has 0 radical (unpaired) electrons. The van der Waals surface area contributed by atoms with Crippen molar-refractivity contribution in [2.75, 3.05) is 4.72 Å². The summed E-state index contributed by atoms with van der Waals surface area (Å²) in [4.78, 5) is 7.49. The fourth-order valence-electron chi connectivity index (χ4n) is 1.28. The van der Waals surface area contributed by atoms with Gasteiger partial charge < -0.3 is 0 Å². The Labute approximate surface area is 113 Å². The largest absolute Gasteiger partial charge is 0.281 e. The first kappa shape index (κ1) is 13.1. The number of aromatic nitrogens is 4. The van der Waals surface area contributed by atoms with Gasteiger partial charge in [-0.2, -0.15) is 13.5 Å². The molecule has 0 saturated heterocycles. The van der Waals surface area contributed by atoms with Gasteiger partial charge in [-0.1, -0.05) is 23.2 Å². The summed E-state index contributed by atoms with van der Waals surface area (Å²) in [5.41, 5.74) is 0. The summed E-state index contributed by atoms with van der Waals surface area (Å²) < 4.78 is 27.5. The molecule has 2 aromatic rings. The van der Waals surface area contributed by atoms with E-state index in [1.165, 1.54) is 25.6 Å². The molecule has 18 heavy (non-hydrogen) atoms. The molecule has 0 saturated carbocycles. The Morgan fingerprint density at radius 2 is 2.00 bits per heavy atom. The Morgan fingerprint density at radius 1 is 1.28 bits per heavy atom. The van der Waals surface area contributed by atoms with Gasteiger partial charge in [0.25, 0.3) is 10.0 Å². The number of nitrogens with zero attached hydrogens (tertiary/aromatic N) is 4. The van der Waals surface area contributed by atoms with Gasteiger partial charge in [-0.3, -0.25) is 14.4 Å². The van der Waals surface area contributed by atoms with Crippen LogP contribution >= 0.6 is 23.2 Å². The van der Waals surface area contributed by atoms with Crippen molar-refractivity contribution in [3.63, 3.8) is 0 Å². The number of sulfonamides is 1. The monoisotopic (exact) mass is 307 g/mol. The lowest BCUT2D eigenvalue weighted by atomic mass is 10.7. The van der Waals surface area contributed by atoms with E-state index in [-0.39, 0.29) is 21.0 Å². The van der Waals surface area contributed by atoms with E-state index < -0.39 is 10.0 Å². The summed E-state index contributed by atoms with van der Waals surface area (Å²) in [6.45, 7) is 0. The zero-order valence-corrected chi connectivity index (χ0v) is 11.3. The average molecular weight is 308 g/mol. The molecule has 0 unspecified atom stereocenters. The minimum atomic E-state index is -3.89. The molecular weight excluding hydrogens is 301 g/mol. The van der Waals surface area contributed by atoms with Crippen LogP contribution in [0, 0.1) is 0 Å². The Hall–Kier alpha value is -1.38. The molecule has 0 aliphatic rings. The maximum atomic E-state index is 12.0. The van der Waals surface area contributed by atoms with Gasteiger partial charge in [-0.25, -0.2) is 4.98 Å². The lowest BCUT2D eigenvalue weighted by Crippen LogP contribution is -2.18. The molecule has 10 heteroatoms. The molecule has 0 bridgehead atoms. The van der Waals surface area contributed by atoms with Crippen LogP contribution in [0.15, 0.2) is 23.6 Å². The van der Waals surface area contributed by atoms with Crippen molar-refractivity contribution in [1.82, 2.24) is 19.7 Å². The third kappa shape index (κ3) is 2.55. The zero-order valence-electron chi connectivity index (χ0n) is 9.00. The van der Waals surface area contributed by atoms with Gasteiger partial charge >= 0.3 is 0 Å². The number of nitrogens with one attached hydrogen (secondary N) is 1. The standard InChI is InChI=1S/C8H7Cl2N5O2S/c1-15-8(5(9)2-12-15)18(16,17)14-7-4-11-3-6(10)13-7/h2-4H,1H3,(H,13,14). The van der Waals surface area contributed by atoms with E-state index in [0.29, 0.717) is 0 Å². The third-order valence-electron chi connectivity index (χ3n) is 1.94. The minimum absolute atomic E-state index is 0.000216. The number of halogens is 2. The van der Waals surface area contributed by atoms with Crippen molar-refractivity contribution in [2.24, 2.45) is 7.05 Å². The van der Waals surface area contributed by atoms with E-state index in [2.05, 4.69) is 19.8 Å². The normalized spacial score (nSPS) is 11.5. The molecule has 96 valence electrons. The van der Waals surface area contributed by atoms with Crippen molar-refractivity contribution >= 4 is 39.0 Å². The molecule has 0 amide bonds. The molecule has 0 aromatic carbocycles. The van der Waals surface area contributed by atoms with E-state index in [0.717, 1.165) is 4.68 Å². The highest BCUT2D eigenvalue weighted by Gasteiger charge is 2.23. The number of rotatable bonds is 3. The minimum Gasteiger partial charge on any atom is -0.261 e. The molecule has 2 rings (SSSR count). The second kappa shape index (κ2) is 4.71. The first-order valence-corrected chi connectivity index (χ1v) is 6.82. The Morgan fingerprint density at radius 3 is 2.56 bits per heavy atom. The van der Waals surface area contributed by atoms with Gasteiger partial charge in [-0.05, 0) is 0 Å². The van der Waals surface area contributed by atoms with E-state index in [9.17, 15) is 8.42 Å². The molecule has 7 nitrogen and oxygen atoms in total. The number of anilines is 1. The fourth-order valence-corrected chi connectivity index (χ4v) is 3.07. The second-order valence-electron chi connectivity index (χ2n) is 3.25. The first-order valence-electron chi connectivity index (χ1n) is 4.58. The lowest BCUT2D eigenvalue weighted by molar-refractivity contribution is 0.582. The van der Waals surface area contributed by atoms with Crippen LogP contribution in [-0.4, -0.2) is 28.2 Å². The van der Waals surface area contributed by atoms with Gasteiger partial charge in [0.05, 0.1) is 23.6 Å². The second-order valence-corrected chi connectivity index (χ2v) is 5.65. The van der Waals surface area contributed by atoms with E-state index in [1.54, 1.807) is 0 Å². The summed E-state index contributed by atoms with van der Waals surface area (Å²) in [5, 5.41) is 3.67. The summed E-state index contributed by atoms with van der Waals surface area (Å²) >= 11 is 11.4. The van der Waals surface area contributed by atoms with Crippen molar-refractivity contribution < 1.29 is 8.42 Å².